The Bertz CT molecular complexity index is 2340. The molecule has 11 nitrogen and oxygen atoms in total. The van der Waals surface area contributed by atoms with Crippen molar-refractivity contribution < 1.29 is 51.8 Å². The standard InChI is InChI=1S/C24H19O6P.C15H13O4P.C9H12O.2C2H6/c1-2-7-15-9-5-10-17-21(15)24(27)22-18(23(17)26)11-6-13-20(22)30-31(28)29-19-12-4-3-8-16(19)14-25;1-20(18-14-8-4-2-6-12(14)10-16)19-15-9-5-3-7-13(15)11-17;10-8-9-6-4-2-1-3-5-7-9;2*1-2/h3-6,8-14,28H,2,7H2,1H3;2-11H,1H3;2-5,8-9H,1,6-7H2;2*1-2H3/b;;4-2-,5-3-;;. The first kappa shape index (κ1) is 53.0. The highest BCUT2D eigenvalue weighted by Crippen LogP contribution is 2.43. The molecular formula is C52H56O11P2. The second-order valence-electron chi connectivity index (χ2n) is 13.5. The molecular weight excluding hydrogens is 863 g/mol. The molecule has 0 heterocycles. The van der Waals surface area contributed by atoms with Gasteiger partial charge >= 0.3 is 8.60 Å². The average molecular weight is 919 g/mol. The van der Waals surface area contributed by atoms with Crippen LogP contribution in [0.25, 0.3) is 0 Å². The molecule has 5 aromatic rings. The van der Waals surface area contributed by atoms with Gasteiger partial charge in [0.25, 0.3) is 8.38 Å². The normalized spacial score (nSPS) is 13.7. The van der Waals surface area contributed by atoms with Gasteiger partial charge in [-0.2, -0.15) is 0 Å². The molecule has 0 saturated heterocycles. The molecule has 0 fully saturated rings. The van der Waals surface area contributed by atoms with Gasteiger partial charge in [0.2, 0.25) is 0 Å². The number of benzene rings is 5. The largest absolute Gasteiger partial charge is 0.460 e. The van der Waals surface area contributed by atoms with E-state index < -0.39 is 17.0 Å². The highest BCUT2D eigenvalue weighted by Gasteiger charge is 2.34. The van der Waals surface area contributed by atoms with Crippen molar-refractivity contribution in [2.45, 2.75) is 66.7 Å². The summed E-state index contributed by atoms with van der Waals surface area (Å²) in [5.74, 6) is 0.800. The van der Waals surface area contributed by atoms with Gasteiger partial charge in [-0.15, -0.1) is 0 Å². The van der Waals surface area contributed by atoms with Crippen molar-refractivity contribution in [1.82, 2.24) is 0 Å². The predicted octanol–water partition coefficient (Wildman–Crippen LogP) is 12.8. The van der Waals surface area contributed by atoms with Crippen LogP contribution in [0.5, 0.6) is 23.0 Å². The molecule has 0 amide bonds. The van der Waals surface area contributed by atoms with Crippen LogP contribution in [0.15, 0.2) is 133 Å². The fourth-order valence-electron chi connectivity index (χ4n) is 6.32. The van der Waals surface area contributed by atoms with Crippen LogP contribution in [-0.2, 0) is 11.2 Å². The number of aryl methyl sites for hydroxylation is 1. The van der Waals surface area contributed by atoms with Gasteiger partial charge in [0.1, 0.15) is 29.3 Å². The summed E-state index contributed by atoms with van der Waals surface area (Å²) >= 11 is 0. The van der Waals surface area contributed by atoms with E-state index in [-0.39, 0.29) is 45.7 Å². The Balaban J connectivity index is 0.000000281. The zero-order chi connectivity index (χ0) is 47.6. The molecule has 2 aliphatic carbocycles. The average Bonchev–Trinajstić information content (AvgIpc) is 3.33. The summed E-state index contributed by atoms with van der Waals surface area (Å²) in [7, 11) is -3.80. The third kappa shape index (κ3) is 15.4. The molecule has 13 heteroatoms. The SMILES string of the molecule is CC.CC.CCCc1cccc2c1C(=O)c1c(OP(O)Oc3ccccc3C=O)cccc1C2=O.CP(Oc1ccccc1C=O)Oc1ccccc1C=O.O=CC1C/C=C\C/C=C\C1. The summed E-state index contributed by atoms with van der Waals surface area (Å²) in [5.41, 5.74) is 3.09. The number of carbonyl (C=O) groups excluding carboxylic acids is 6. The molecule has 7 rings (SSSR count). The van der Waals surface area contributed by atoms with Gasteiger partial charge in [-0.1, -0.05) is 132 Å². The maximum absolute atomic E-state index is 13.4. The zero-order valence-corrected chi connectivity index (χ0v) is 39.3. The molecule has 0 saturated carbocycles. The summed E-state index contributed by atoms with van der Waals surface area (Å²) in [6, 6.07) is 30.2. The zero-order valence-electron chi connectivity index (χ0n) is 37.5. The Hall–Kier alpha value is -6.38. The number of rotatable bonds is 14. The Labute approximate surface area is 384 Å². The number of carbonyl (C=O) groups is 6. The first-order valence-corrected chi connectivity index (χ1v) is 24.1. The van der Waals surface area contributed by atoms with Gasteiger partial charge in [0.15, 0.2) is 30.4 Å². The topological polar surface area (TPSA) is 160 Å². The molecule has 0 aliphatic heterocycles. The highest BCUT2D eigenvalue weighted by molar-refractivity contribution is 7.47. The summed E-state index contributed by atoms with van der Waals surface area (Å²) in [6.07, 6.45) is 15.8. The van der Waals surface area contributed by atoms with Crippen molar-refractivity contribution in [2.24, 2.45) is 5.92 Å². The monoisotopic (exact) mass is 918 g/mol. The van der Waals surface area contributed by atoms with E-state index in [9.17, 15) is 33.7 Å². The summed E-state index contributed by atoms with van der Waals surface area (Å²) in [6.45, 7) is 11.8. The van der Waals surface area contributed by atoms with E-state index in [4.69, 9.17) is 18.1 Å². The highest BCUT2D eigenvalue weighted by atomic mass is 31.2. The molecule has 0 bridgehead atoms. The quantitative estimate of drug-likeness (QED) is 0.0629. The van der Waals surface area contributed by atoms with Crippen molar-refractivity contribution in [2.75, 3.05) is 6.66 Å². The Morgan fingerprint density at radius 1 is 0.554 bits per heavy atom. The van der Waals surface area contributed by atoms with Crippen LogP contribution in [0.1, 0.15) is 129 Å². The molecule has 1 atom stereocenters. The Kier molecular flexibility index (Phi) is 23.7. The van der Waals surface area contributed by atoms with Gasteiger partial charge in [-0.3, -0.25) is 24.0 Å². The summed E-state index contributed by atoms with van der Waals surface area (Å²) < 4.78 is 22.2. The molecule has 340 valence electrons. The molecule has 65 heavy (non-hydrogen) atoms. The lowest BCUT2D eigenvalue weighted by Crippen LogP contribution is -2.23. The minimum Gasteiger partial charge on any atom is -0.438 e. The Morgan fingerprint density at radius 2 is 0.985 bits per heavy atom. The lowest BCUT2D eigenvalue weighted by molar-refractivity contribution is -0.110. The molecule has 1 unspecified atom stereocenters. The lowest BCUT2D eigenvalue weighted by Gasteiger charge is -2.23. The van der Waals surface area contributed by atoms with Gasteiger partial charge in [-0.25, -0.2) is 0 Å². The fraction of sp³-hybridized carbons (Fsp3) is 0.231. The summed E-state index contributed by atoms with van der Waals surface area (Å²) in [4.78, 5) is 80.2. The molecule has 1 N–H and O–H groups in total. The second kappa shape index (κ2) is 29.1. The fourth-order valence-corrected chi connectivity index (χ4v) is 7.94. The third-order valence-electron chi connectivity index (χ3n) is 9.26. The van der Waals surface area contributed by atoms with Crippen LogP contribution < -0.4 is 18.1 Å². The van der Waals surface area contributed by atoms with Gasteiger partial charge in [0, 0.05) is 29.3 Å². The van der Waals surface area contributed by atoms with E-state index in [0.29, 0.717) is 46.5 Å². The van der Waals surface area contributed by atoms with E-state index in [1.54, 1.807) is 97.7 Å². The number of fused-ring (bicyclic) bond motifs is 2. The lowest BCUT2D eigenvalue weighted by atomic mass is 9.80. The number of ketones is 2. The van der Waals surface area contributed by atoms with Crippen molar-refractivity contribution in [1.29, 1.82) is 0 Å². The van der Waals surface area contributed by atoms with Crippen LogP contribution in [-0.4, -0.2) is 48.3 Å². The molecule has 5 aromatic carbocycles. The number of aldehydes is 4. The van der Waals surface area contributed by atoms with Crippen LogP contribution in [0.4, 0.5) is 0 Å². The minimum atomic E-state index is -2.51. The molecule has 0 spiro atoms. The van der Waals surface area contributed by atoms with E-state index in [2.05, 4.69) is 24.3 Å². The molecule has 0 radical (unpaired) electrons. The van der Waals surface area contributed by atoms with Crippen molar-refractivity contribution in [3.8, 4) is 23.0 Å². The van der Waals surface area contributed by atoms with Crippen molar-refractivity contribution >= 4 is 53.7 Å². The van der Waals surface area contributed by atoms with E-state index in [0.717, 1.165) is 50.1 Å². The van der Waals surface area contributed by atoms with Gasteiger partial charge < -0.3 is 27.8 Å². The van der Waals surface area contributed by atoms with Crippen LogP contribution in [0.3, 0.4) is 0 Å². The number of allylic oxidation sites excluding steroid dienone is 4. The van der Waals surface area contributed by atoms with Gasteiger partial charge in [-0.05, 0) is 73.7 Å². The van der Waals surface area contributed by atoms with Crippen LogP contribution in [0, 0.1) is 5.92 Å². The first-order valence-electron chi connectivity index (χ1n) is 21.4. The number of hydrogen-bond donors (Lipinski definition) is 1. The van der Waals surface area contributed by atoms with Gasteiger partial charge in [0.05, 0.1) is 22.3 Å². The van der Waals surface area contributed by atoms with Crippen molar-refractivity contribution in [3.63, 3.8) is 0 Å². The maximum Gasteiger partial charge on any atom is 0.460 e. The molecule has 2 aliphatic rings. The number of hydrogen-bond acceptors (Lipinski definition) is 11. The van der Waals surface area contributed by atoms with E-state index in [1.807, 2.05) is 40.7 Å². The van der Waals surface area contributed by atoms with Crippen molar-refractivity contribution in [3.05, 3.63) is 178 Å². The Morgan fingerprint density at radius 3 is 1.46 bits per heavy atom. The second-order valence-corrected chi connectivity index (χ2v) is 15.6. The first-order chi connectivity index (χ1) is 31.7. The summed E-state index contributed by atoms with van der Waals surface area (Å²) in [5, 5.41) is 0. The van der Waals surface area contributed by atoms with Crippen LogP contribution >= 0.6 is 17.0 Å². The van der Waals surface area contributed by atoms with E-state index >= 15 is 0 Å². The van der Waals surface area contributed by atoms with E-state index in [1.165, 1.54) is 12.1 Å². The third-order valence-corrected chi connectivity index (χ3v) is 10.9. The van der Waals surface area contributed by atoms with Crippen LogP contribution in [0.2, 0.25) is 0 Å². The minimum absolute atomic E-state index is 0.0602. The number of para-hydroxylation sites is 3. The smallest absolute Gasteiger partial charge is 0.438 e. The maximum atomic E-state index is 13.4. The molecule has 0 aromatic heterocycles. The predicted molar refractivity (Wildman–Crippen MR) is 258 cm³/mol.